The van der Waals surface area contributed by atoms with Gasteiger partial charge in [0.1, 0.15) is 0 Å². The molecule has 2 fully saturated rings. The number of rotatable bonds is 5. The third-order valence-electron chi connectivity index (χ3n) is 4.25. The van der Waals surface area contributed by atoms with Gasteiger partial charge in [0, 0.05) is 32.8 Å². The molecular weight excluding hydrogens is 274 g/mol. The molecular formula is C14H25N3O2S. The summed E-state index contributed by atoms with van der Waals surface area (Å²) in [7, 11) is 0. The number of piperazine rings is 1. The fourth-order valence-corrected chi connectivity index (χ4v) is 3.37. The molecule has 5 nitrogen and oxygen atoms in total. The number of carbonyl (C=O) groups excluding carboxylic acids is 1. The molecule has 2 N–H and O–H groups in total. The fraction of sp³-hybridized carbons (Fsp3) is 0.857. The second kappa shape index (κ2) is 7.33. The van der Waals surface area contributed by atoms with Crippen molar-refractivity contribution in [1.82, 2.24) is 9.80 Å². The van der Waals surface area contributed by atoms with Crippen molar-refractivity contribution in [2.24, 2.45) is 5.73 Å². The molecule has 2 heterocycles. The van der Waals surface area contributed by atoms with Crippen LogP contribution in [-0.2, 0) is 9.53 Å². The van der Waals surface area contributed by atoms with Gasteiger partial charge in [-0.05, 0) is 19.3 Å². The number of nitrogens with zero attached hydrogens (tertiary/aromatic N) is 2. The first-order valence-electron chi connectivity index (χ1n) is 7.54. The van der Waals surface area contributed by atoms with Crippen molar-refractivity contribution in [3.63, 3.8) is 0 Å². The normalized spacial score (nSPS) is 25.6. The van der Waals surface area contributed by atoms with Crippen molar-refractivity contribution >= 4 is 23.1 Å². The number of hydrogen-bond donors (Lipinski definition) is 1. The van der Waals surface area contributed by atoms with Gasteiger partial charge in [-0.2, -0.15) is 0 Å². The largest absolute Gasteiger partial charge is 0.392 e. The van der Waals surface area contributed by atoms with Crippen LogP contribution in [-0.4, -0.2) is 65.6 Å². The topological polar surface area (TPSA) is 58.8 Å². The lowest BCUT2D eigenvalue weighted by Crippen LogP contribution is -2.54. The first-order valence-corrected chi connectivity index (χ1v) is 7.95. The van der Waals surface area contributed by atoms with E-state index in [-0.39, 0.29) is 18.1 Å². The highest BCUT2D eigenvalue weighted by molar-refractivity contribution is 7.80. The molecule has 2 rings (SSSR count). The average Bonchev–Trinajstić information content (AvgIpc) is 2.92. The smallest absolute Gasteiger partial charge is 0.225 e. The highest BCUT2D eigenvalue weighted by Crippen LogP contribution is 2.17. The van der Waals surface area contributed by atoms with Crippen LogP contribution in [0.4, 0.5) is 0 Å². The summed E-state index contributed by atoms with van der Waals surface area (Å²) in [6, 6.07) is 0.167. The zero-order chi connectivity index (χ0) is 14.5. The van der Waals surface area contributed by atoms with Crippen LogP contribution in [0.1, 0.15) is 32.6 Å². The fourth-order valence-electron chi connectivity index (χ4n) is 3.05. The second-order valence-electron chi connectivity index (χ2n) is 5.58. The Labute approximate surface area is 126 Å². The van der Waals surface area contributed by atoms with Crippen LogP contribution in [0.15, 0.2) is 0 Å². The van der Waals surface area contributed by atoms with E-state index in [9.17, 15) is 4.79 Å². The van der Waals surface area contributed by atoms with E-state index < -0.39 is 0 Å². The Kier molecular flexibility index (Phi) is 5.74. The molecule has 0 radical (unpaired) electrons. The molecule has 0 spiro atoms. The Hall–Kier alpha value is -0.720. The first-order chi connectivity index (χ1) is 9.61. The van der Waals surface area contributed by atoms with Crippen molar-refractivity contribution in [3.05, 3.63) is 0 Å². The number of ether oxygens (including phenoxy) is 1. The molecule has 2 aliphatic heterocycles. The van der Waals surface area contributed by atoms with Crippen LogP contribution in [0.2, 0.25) is 0 Å². The minimum Gasteiger partial charge on any atom is -0.392 e. The summed E-state index contributed by atoms with van der Waals surface area (Å²) >= 11 is 5.11. The summed E-state index contributed by atoms with van der Waals surface area (Å²) in [6.07, 6.45) is 3.70. The highest BCUT2D eigenvalue weighted by Gasteiger charge is 2.28. The summed E-state index contributed by atoms with van der Waals surface area (Å²) in [6.45, 7) is 6.15. The lowest BCUT2D eigenvalue weighted by Gasteiger charge is -2.38. The monoisotopic (exact) mass is 299 g/mol. The van der Waals surface area contributed by atoms with Gasteiger partial charge in [0.25, 0.3) is 0 Å². The molecule has 2 unspecified atom stereocenters. The van der Waals surface area contributed by atoms with Gasteiger partial charge in [0.15, 0.2) is 0 Å². The van der Waals surface area contributed by atoms with Crippen LogP contribution in [0.5, 0.6) is 0 Å². The van der Waals surface area contributed by atoms with Crippen LogP contribution in [0, 0.1) is 0 Å². The van der Waals surface area contributed by atoms with Crippen LogP contribution >= 0.6 is 12.2 Å². The summed E-state index contributed by atoms with van der Waals surface area (Å²) in [5, 5.41) is 0. The summed E-state index contributed by atoms with van der Waals surface area (Å²) in [5.41, 5.74) is 5.77. The quantitative estimate of drug-likeness (QED) is 0.760. The van der Waals surface area contributed by atoms with Gasteiger partial charge in [-0.1, -0.05) is 19.1 Å². The van der Waals surface area contributed by atoms with Crippen LogP contribution in [0.3, 0.4) is 0 Å². The molecule has 2 aliphatic rings. The Morgan fingerprint density at radius 3 is 2.60 bits per heavy atom. The maximum absolute atomic E-state index is 12.2. The molecule has 114 valence electrons. The molecule has 0 saturated carbocycles. The lowest BCUT2D eigenvalue weighted by atomic mass is 10.1. The summed E-state index contributed by atoms with van der Waals surface area (Å²) in [5.74, 6) is 0.222. The molecule has 0 aromatic carbocycles. The van der Waals surface area contributed by atoms with Gasteiger partial charge in [0.05, 0.1) is 23.6 Å². The Bertz CT molecular complexity index is 350. The van der Waals surface area contributed by atoms with Crippen molar-refractivity contribution < 1.29 is 9.53 Å². The number of hydrogen-bond acceptors (Lipinski definition) is 4. The van der Waals surface area contributed by atoms with E-state index in [0.717, 1.165) is 52.0 Å². The predicted octanol–water partition coefficient (Wildman–Crippen LogP) is 0.764. The van der Waals surface area contributed by atoms with Gasteiger partial charge < -0.3 is 15.4 Å². The summed E-state index contributed by atoms with van der Waals surface area (Å²) in [4.78, 5) is 17.0. The highest BCUT2D eigenvalue weighted by atomic mass is 32.1. The molecule has 2 atom stereocenters. The maximum Gasteiger partial charge on any atom is 0.225 e. The van der Waals surface area contributed by atoms with E-state index in [1.165, 1.54) is 0 Å². The molecule has 0 aliphatic carbocycles. The van der Waals surface area contributed by atoms with E-state index in [0.29, 0.717) is 11.4 Å². The third-order valence-corrected chi connectivity index (χ3v) is 4.52. The van der Waals surface area contributed by atoms with Gasteiger partial charge in [-0.25, -0.2) is 0 Å². The Morgan fingerprint density at radius 2 is 2.10 bits per heavy atom. The van der Waals surface area contributed by atoms with E-state index >= 15 is 0 Å². The number of thiocarbonyl (C=S) groups is 1. The first kappa shape index (κ1) is 15.7. The SMILES string of the molecule is CCC(C(N)=S)N1CCN(C(=O)CC2CCCO2)CC1. The summed E-state index contributed by atoms with van der Waals surface area (Å²) < 4.78 is 5.53. The van der Waals surface area contributed by atoms with Crippen molar-refractivity contribution in [2.45, 2.75) is 44.8 Å². The minimum atomic E-state index is 0.139. The van der Waals surface area contributed by atoms with Gasteiger partial charge in [-0.3, -0.25) is 9.69 Å². The Morgan fingerprint density at radius 1 is 1.40 bits per heavy atom. The van der Waals surface area contributed by atoms with Crippen LogP contribution in [0.25, 0.3) is 0 Å². The Balaban J connectivity index is 1.78. The molecule has 20 heavy (non-hydrogen) atoms. The van der Waals surface area contributed by atoms with Crippen molar-refractivity contribution in [1.29, 1.82) is 0 Å². The number of nitrogens with two attached hydrogens (primary N) is 1. The molecule has 6 heteroatoms. The molecule has 2 saturated heterocycles. The van der Waals surface area contributed by atoms with Gasteiger partial charge >= 0.3 is 0 Å². The zero-order valence-corrected chi connectivity index (χ0v) is 13.0. The third kappa shape index (κ3) is 3.90. The van der Waals surface area contributed by atoms with E-state index in [4.69, 9.17) is 22.7 Å². The van der Waals surface area contributed by atoms with E-state index in [1.807, 2.05) is 4.90 Å². The molecule has 0 aromatic rings. The molecule has 1 amide bonds. The van der Waals surface area contributed by atoms with E-state index in [2.05, 4.69) is 11.8 Å². The molecule has 0 aromatic heterocycles. The molecule has 0 bridgehead atoms. The maximum atomic E-state index is 12.2. The average molecular weight is 299 g/mol. The minimum absolute atomic E-state index is 0.139. The zero-order valence-electron chi connectivity index (χ0n) is 12.2. The van der Waals surface area contributed by atoms with Crippen LogP contribution < -0.4 is 5.73 Å². The standard InChI is InChI=1S/C14H25N3O2S/c1-2-12(14(15)20)16-5-7-17(8-6-16)13(18)10-11-4-3-9-19-11/h11-12H,2-10H2,1H3,(H2,15,20). The van der Waals surface area contributed by atoms with Gasteiger partial charge in [-0.15, -0.1) is 0 Å². The second-order valence-corrected chi connectivity index (χ2v) is 6.05. The van der Waals surface area contributed by atoms with Crippen molar-refractivity contribution in [2.75, 3.05) is 32.8 Å². The lowest BCUT2D eigenvalue weighted by molar-refractivity contribution is -0.135. The predicted molar refractivity (Wildman–Crippen MR) is 82.6 cm³/mol. The number of amides is 1. The van der Waals surface area contributed by atoms with Crippen molar-refractivity contribution in [3.8, 4) is 0 Å². The van der Waals surface area contributed by atoms with Gasteiger partial charge in [0.2, 0.25) is 5.91 Å². The van der Waals surface area contributed by atoms with E-state index in [1.54, 1.807) is 0 Å². The number of carbonyl (C=O) groups is 1.